The van der Waals surface area contributed by atoms with Crippen molar-refractivity contribution < 1.29 is 26.3 Å². The highest BCUT2D eigenvalue weighted by molar-refractivity contribution is 7.89. The molecule has 1 heterocycles. The molecule has 2 rings (SSSR count). The lowest BCUT2D eigenvalue weighted by atomic mass is 10.2. The summed E-state index contributed by atoms with van der Waals surface area (Å²) >= 11 is 0. The molecule has 0 saturated carbocycles. The van der Waals surface area contributed by atoms with E-state index in [4.69, 9.17) is 4.74 Å². The predicted octanol–water partition coefficient (Wildman–Crippen LogP) is 1.93. The van der Waals surface area contributed by atoms with E-state index in [-0.39, 0.29) is 30.4 Å². The van der Waals surface area contributed by atoms with Crippen LogP contribution in [0.2, 0.25) is 0 Å². The van der Waals surface area contributed by atoms with Crippen molar-refractivity contribution in [1.82, 2.24) is 14.9 Å². The van der Waals surface area contributed by atoms with Crippen LogP contribution in [0.15, 0.2) is 23.1 Å². The maximum Gasteiger partial charge on any atom is 0.405 e. The number of benzene rings is 1. The second-order valence-electron chi connectivity index (χ2n) is 6.06. The van der Waals surface area contributed by atoms with E-state index in [2.05, 4.69) is 10.0 Å². The molecule has 1 unspecified atom stereocenters. The number of sulfonamides is 1. The largest absolute Gasteiger partial charge is 0.494 e. The van der Waals surface area contributed by atoms with E-state index in [1.54, 1.807) is 19.9 Å². The Hall–Kier alpha value is -1.07. The highest BCUT2D eigenvalue weighted by atomic mass is 35.5. The van der Waals surface area contributed by atoms with Gasteiger partial charge >= 0.3 is 6.18 Å². The zero-order valence-corrected chi connectivity index (χ0v) is 16.8. The summed E-state index contributed by atoms with van der Waals surface area (Å²) < 4.78 is 72.6. The first-order valence-electron chi connectivity index (χ1n) is 8.39. The number of hydrogen-bond donors (Lipinski definition) is 2. The van der Waals surface area contributed by atoms with Crippen molar-refractivity contribution >= 4 is 22.4 Å². The molecule has 1 fully saturated rings. The van der Waals surface area contributed by atoms with Crippen LogP contribution < -0.4 is 14.8 Å². The fourth-order valence-corrected chi connectivity index (χ4v) is 4.15. The summed E-state index contributed by atoms with van der Waals surface area (Å²) in [6, 6.07) is 2.52. The Kier molecular flexibility index (Phi) is 8.81. The number of alkyl halides is 3. The van der Waals surface area contributed by atoms with Gasteiger partial charge in [0.05, 0.1) is 11.5 Å². The first-order chi connectivity index (χ1) is 12.1. The quantitative estimate of drug-likeness (QED) is 0.690. The van der Waals surface area contributed by atoms with Gasteiger partial charge in [-0.1, -0.05) is 0 Å². The van der Waals surface area contributed by atoms with Crippen LogP contribution in [-0.2, 0) is 10.0 Å². The summed E-state index contributed by atoms with van der Waals surface area (Å²) in [5, 5.41) is 2.98. The van der Waals surface area contributed by atoms with Gasteiger partial charge in [0, 0.05) is 32.7 Å². The molecule has 27 heavy (non-hydrogen) atoms. The summed E-state index contributed by atoms with van der Waals surface area (Å²) in [5.41, 5.74) is 0.411. The molecule has 0 spiro atoms. The maximum atomic E-state index is 13.4. The van der Waals surface area contributed by atoms with E-state index in [1.807, 2.05) is 0 Å². The highest BCUT2D eigenvalue weighted by Crippen LogP contribution is 2.26. The van der Waals surface area contributed by atoms with E-state index < -0.39 is 28.8 Å². The van der Waals surface area contributed by atoms with Crippen molar-refractivity contribution in [3.05, 3.63) is 23.8 Å². The van der Waals surface area contributed by atoms with Crippen LogP contribution >= 0.6 is 12.4 Å². The monoisotopic (exact) mass is 431 g/mol. The number of ether oxygens (including phenoxy) is 1. The van der Waals surface area contributed by atoms with Gasteiger partial charge in [0.15, 0.2) is 0 Å². The van der Waals surface area contributed by atoms with Crippen LogP contribution in [0.1, 0.15) is 12.5 Å². The fraction of sp³-hybridized carbons (Fsp3) is 0.625. The molecule has 11 heteroatoms. The molecule has 2 N–H and O–H groups in total. The van der Waals surface area contributed by atoms with Crippen molar-refractivity contribution in [2.24, 2.45) is 0 Å². The minimum absolute atomic E-state index is 0. The standard InChI is InChI=1S/C16H24F3N3O3S.ClH/c1-3-25-13-4-5-14(12(2)10-13)26(23,24)21-11-15(16(17,18)19)22-8-6-20-7-9-22;/h4-5,10,15,20-21H,3,6-9,11H2,1-2H3;1H. The van der Waals surface area contributed by atoms with Gasteiger partial charge in [-0.15, -0.1) is 12.4 Å². The van der Waals surface area contributed by atoms with E-state index >= 15 is 0 Å². The summed E-state index contributed by atoms with van der Waals surface area (Å²) in [4.78, 5) is 1.20. The molecular weight excluding hydrogens is 407 g/mol. The first kappa shape index (κ1) is 24.0. The average Bonchev–Trinajstić information content (AvgIpc) is 2.54. The first-order valence-corrected chi connectivity index (χ1v) is 9.88. The fourth-order valence-electron chi connectivity index (χ4n) is 2.89. The van der Waals surface area contributed by atoms with E-state index in [9.17, 15) is 21.6 Å². The third kappa shape index (κ3) is 6.49. The average molecular weight is 432 g/mol. The molecule has 1 saturated heterocycles. The highest BCUT2D eigenvalue weighted by Gasteiger charge is 2.44. The van der Waals surface area contributed by atoms with Crippen molar-refractivity contribution in [1.29, 1.82) is 0 Å². The lowest BCUT2D eigenvalue weighted by Gasteiger charge is -2.35. The lowest BCUT2D eigenvalue weighted by molar-refractivity contribution is -0.182. The van der Waals surface area contributed by atoms with Gasteiger partial charge in [0.25, 0.3) is 0 Å². The Morgan fingerprint density at radius 3 is 2.44 bits per heavy atom. The summed E-state index contributed by atoms with van der Waals surface area (Å²) in [7, 11) is -4.06. The Labute approximate surface area is 163 Å². The molecule has 0 aromatic heterocycles. The van der Waals surface area contributed by atoms with Crippen LogP contribution in [0.4, 0.5) is 13.2 Å². The third-order valence-corrected chi connectivity index (χ3v) is 5.77. The van der Waals surface area contributed by atoms with Crippen LogP contribution in [0.5, 0.6) is 5.75 Å². The Bertz CT molecular complexity index is 711. The second-order valence-corrected chi connectivity index (χ2v) is 7.79. The minimum Gasteiger partial charge on any atom is -0.494 e. The van der Waals surface area contributed by atoms with Crippen molar-refractivity contribution in [2.75, 3.05) is 39.3 Å². The van der Waals surface area contributed by atoms with E-state index in [0.717, 1.165) is 0 Å². The Balaban J connectivity index is 0.00000364. The van der Waals surface area contributed by atoms with Gasteiger partial charge in [-0.3, -0.25) is 4.90 Å². The topological polar surface area (TPSA) is 70.7 Å². The molecule has 0 bridgehead atoms. The Morgan fingerprint density at radius 1 is 1.30 bits per heavy atom. The zero-order chi connectivity index (χ0) is 19.4. The molecule has 6 nitrogen and oxygen atoms in total. The smallest absolute Gasteiger partial charge is 0.405 e. The van der Waals surface area contributed by atoms with Gasteiger partial charge in [-0.2, -0.15) is 13.2 Å². The molecule has 0 amide bonds. The number of nitrogens with one attached hydrogen (secondary N) is 2. The van der Waals surface area contributed by atoms with Crippen molar-refractivity contribution in [2.45, 2.75) is 31.0 Å². The van der Waals surface area contributed by atoms with Crippen molar-refractivity contribution in [3.8, 4) is 5.75 Å². The predicted molar refractivity (Wildman–Crippen MR) is 99.1 cm³/mol. The SMILES string of the molecule is CCOc1ccc(S(=O)(=O)NCC(N2CCNCC2)C(F)(F)F)c(C)c1.Cl. The number of aryl methyl sites for hydroxylation is 1. The zero-order valence-electron chi connectivity index (χ0n) is 15.2. The molecule has 1 aromatic rings. The number of piperazine rings is 1. The molecular formula is C16H25ClF3N3O3S. The van der Waals surface area contributed by atoms with Crippen LogP contribution in [0, 0.1) is 6.92 Å². The van der Waals surface area contributed by atoms with Crippen LogP contribution in [0.25, 0.3) is 0 Å². The minimum atomic E-state index is -4.52. The molecule has 0 radical (unpaired) electrons. The molecule has 0 aliphatic carbocycles. The lowest BCUT2D eigenvalue weighted by Crippen LogP contribution is -2.57. The summed E-state index contributed by atoms with van der Waals surface area (Å²) in [5.74, 6) is 0.512. The Morgan fingerprint density at radius 2 is 1.93 bits per heavy atom. The summed E-state index contributed by atoms with van der Waals surface area (Å²) in [6.45, 7) is 4.40. The van der Waals surface area contributed by atoms with Crippen molar-refractivity contribution in [3.63, 3.8) is 0 Å². The molecule has 1 aromatic carbocycles. The van der Waals surface area contributed by atoms with E-state index in [1.165, 1.54) is 17.0 Å². The van der Waals surface area contributed by atoms with E-state index in [0.29, 0.717) is 31.0 Å². The molecule has 1 atom stereocenters. The van der Waals surface area contributed by atoms with Gasteiger partial charge in [-0.05, 0) is 37.6 Å². The molecule has 1 aliphatic heterocycles. The molecule has 1 aliphatic rings. The van der Waals surface area contributed by atoms with Crippen LogP contribution in [0.3, 0.4) is 0 Å². The van der Waals surface area contributed by atoms with Gasteiger partial charge in [-0.25, -0.2) is 13.1 Å². The summed E-state index contributed by atoms with van der Waals surface area (Å²) in [6.07, 6.45) is -4.52. The number of nitrogens with zero attached hydrogens (tertiary/aromatic N) is 1. The molecule has 156 valence electrons. The van der Waals surface area contributed by atoms with Gasteiger partial charge in [0.1, 0.15) is 11.8 Å². The van der Waals surface area contributed by atoms with Gasteiger partial charge in [0.2, 0.25) is 10.0 Å². The number of hydrogen-bond acceptors (Lipinski definition) is 5. The normalized spacial score (nSPS) is 17.2. The number of rotatable bonds is 7. The maximum absolute atomic E-state index is 13.4. The third-order valence-electron chi connectivity index (χ3n) is 4.18. The second kappa shape index (κ2) is 9.92. The van der Waals surface area contributed by atoms with Crippen LogP contribution in [-0.4, -0.2) is 64.9 Å². The van der Waals surface area contributed by atoms with Gasteiger partial charge < -0.3 is 10.1 Å². The number of halogens is 4.